The summed E-state index contributed by atoms with van der Waals surface area (Å²) in [4.78, 5) is 13.0. The lowest BCUT2D eigenvalue weighted by molar-refractivity contribution is -0.384. The molecule has 1 heterocycles. The molecular formula is C16H18N2O2S. The number of nitro groups is 1. The van der Waals surface area contributed by atoms with E-state index in [1.54, 1.807) is 24.3 Å². The normalized spacial score (nSPS) is 15.5. The SMILES string of the molecule is NC(Cc1ccc([N+](=O)[O-])cc1)c1cc2c(s1)CCCC2. The summed E-state index contributed by atoms with van der Waals surface area (Å²) in [6.07, 6.45) is 5.64. The van der Waals surface area contributed by atoms with Crippen molar-refractivity contribution < 1.29 is 4.92 Å². The Labute approximate surface area is 127 Å². The van der Waals surface area contributed by atoms with Crippen LogP contribution in [-0.2, 0) is 19.3 Å². The van der Waals surface area contributed by atoms with E-state index in [0.29, 0.717) is 0 Å². The number of hydrogen-bond acceptors (Lipinski definition) is 4. The van der Waals surface area contributed by atoms with Crippen LogP contribution >= 0.6 is 11.3 Å². The lowest BCUT2D eigenvalue weighted by Gasteiger charge is -2.09. The molecule has 0 saturated carbocycles. The molecule has 2 aromatic rings. The quantitative estimate of drug-likeness (QED) is 0.690. The minimum atomic E-state index is -0.378. The standard InChI is InChI=1S/C16H18N2O2S/c17-14(9-11-5-7-13(8-6-11)18(19)20)16-10-12-3-1-2-4-15(12)21-16/h5-8,10,14H,1-4,9,17H2. The second-order valence-corrected chi connectivity index (χ2v) is 6.71. The van der Waals surface area contributed by atoms with E-state index in [1.807, 2.05) is 11.3 Å². The number of fused-ring (bicyclic) bond motifs is 1. The largest absolute Gasteiger partial charge is 0.323 e. The van der Waals surface area contributed by atoms with E-state index in [-0.39, 0.29) is 16.7 Å². The number of non-ortho nitro benzene ring substituents is 1. The first-order valence-corrected chi connectivity index (χ1v) is 8.05. The maximum Gasteiger partial charge on any atom is 0.269 e. The fourth-order valence-electron chi connectivity index (χ4n) is 2.80. The van der Waals surface area contributed by atoms with Crippen LogP contribution in [0.4, 0.5) is 5.69 Å². The van der Waals surface area contributed by atoms with Gasteiger partial charge in [0.25, 0.3) is 5.69 Å². The smallest absolute Gasteiger partial charge is 0.269 e. The molecule has 0 radical (unpaired) electrons. The van der Waals surface area contributed by atoms with E-state index < -0.39 is 0 Å². The van der Waals surface area contributed by atoms with Crippen LogP contribution in [0.2, 0.25) is 0 Å². The summed E-state index contributed by atoms with van der Waals surface area (Å²) in [5.74, 6) is 0. The molecule has 1 atom stereocenters. The van der Waals surface area contributed by atoms with Gasteiger partial charge < -0.3 is 5.73 Å². The van der Waals surface area contributed by atoms with Crippen LogP contribution in [0, 0.1) is 10.1 Å². The number of aryl methyl sites for hydroxylation is 2. The van der Waals surface area contributed by atoms with Crippen molar-refractivity contribution in [1.29, 1.82) is 0 Å². The van der Waals surface area contributed by atoms with Crippen molar-refractivity contribution >= 4 is 17.0 Å². The molecule has 0 bridgehead atoms. The Morgan fingerprint density at radius 1 is 1.24 bits per heavy atom. The Kier molecular flexibility index (Phi) is 4.03. The molecule has 1 aliphatic rings. The Bertz CT molecular complexity index is 625. The van der Waals surface area contributed by atoms with E-state index >= 15 is 0 Å². The van der Waals surface area contributed by atoms with Gasteiger partial charge in [0.15, 0.2) is 0 Å². The average molecular weight is 302 g/mol. The van der Waals surface area contributed by atoms with Crippen LogP contribution in [0.1, 0.15) is 39.8 Å². The molecule has 1 aliphatic carbocycles. The zero-order chi connectivity index (χ0) is 14.8. The van der Waals surface area contributed by atoms with E-state index in [2.05, 4.69) is 6.07 Å². The first-order chi connectivity index (χ1) is 10.1. The highest BCUT2D eigenvalue weighted by Crippen LogP contribution is 2.33. The third kappa shape index (κ3) is 3.14. The summed E-state index contributed by atoms with van der Waals surface area (Å²) in [6, 6.07) is 8.91. The molecule has 0 fully saturated rings. The van der Waals surface area contributed by atoms with Gasteiger partial charge in [0.2, 0.25) is 0 Å². The van der Waals surface area contributed by atoms with Gasteiger partial charge >= 0.3 is 0 Å². The van der Waals surface area contributed by atoms with Gasteiger partial charge in [0.05, 0.1) is 4.92 Å². The fourth-order valence-corrected chi connectivity index (χ4v) is 4.06. The molecule has 5 heteroatoms. The first kappa shape index (κ1) is 14.2. The van der Waals surface area contributed by atoms with E-state index in [4.69, 9.17) is 5.73 Å². The van der Waals surface area contributed by atoms with Crippen molar-refractivity contribution in [3.63, 3.8) is 0 Å². The molecule has 21 heavy (non-hydrogen) atoms. The highest BCUT2D eigenvalue weighted by atomic mass is 32.1. The number of nitrogens with zero attached hydrogens (tertiary/aromatic N) is 1. The second kappa shape index (κ2) is 5.95. The number of rotatable bonds is 4. The number of nitro benzene ring substituents is 1. The van der Waals surface area contributed by atoms with Gasteiger partial charge in [0, 0.05) is 27.9 Å². The summed E-state index contributed by atoms with van der Waals surface area (Å²) in [6.45, 7) is 0. The van der Waals surface area contributed by atoms with E-state index in [1.165, 1.54) is 41.0 Å². The van der Waals surface area contributed by atoms with Crippen molar-refractivity contribution in [3.8, 4) is 0 Å². The Morgan fingerprint density at radius 2 is 1.95 bits per heavy atom. The summed E-state index contributed by atoms with van der Waals surface area (Å²) >= 11 is 1.84. The molecule has 1 aromatic carbocycles. The number of benzene rings is 1. The lowest BCUT2D eigenvalue weighted by atomic mass is 9.98. The van der Waals surface area contributed by atoms with Crippen LogP contribution in [0.25, 0.3) is 0 Å². The zero-order valence-electron chi connectivity index (χ0n) is 11.7. The molecule has 2 N–H and O–H groups in total. The number of thiophene rings is 1. The van der Waals surface area contributed by atoms with Crippen LogP contribution in [0.15, 0.2) is 30.3 Å². The zero-order valence-corrected chi connectivity index (χ0v) is 12.6. The predicted octanol–water partition coefficient (Wildman–Crippen LogP) is 3.78. The Morgan fingerprint density at radius 3 is 2.62 bits per heavy atom. The molecule has 1 aromatic heterocycles. The minimum absolute atomic E-state index is 0.0259. The minimum Gasteiger partial charge on any atom is -0.323 e. The van der Waals surface area contributed by atoms with E-state index in [9.17, 15) is 10.1 Å². The molecule has 4 nitrogen and oxygen atoms in total. The summed E-state index contributed by atoms with van der Waals surface area (Å²) in [7, 11) is 0. The van der Waals surface area contributed by atoms with Gasteiger partial charge in [-0.25, -0.2) is 0 Å². The molecule has 0 aliphatic heterocycles. The molecule has 110 valence electrons. The van der Waals surface area contributed by atoms with Gasteiger partial charge in [-0.2, -0.15) is 0 Å². The number of nitrogens with two attached hydrogens (primary N) is 1. The van der Waals surface area contributed by atoms with Crippen molar-refractivity contribution in [2.45, 2.75) is 38.1 Å². The fraction of sp³-hybridized carbons (Fsp3) is 0.375. The molecule has 0 saturated heterocycles. The first-order valence-electron chi connectivity index (χ1n) is 7.24. The van der Waals surface area contributed by atoms with Crippen LogP contribution in [0.5, 0.6) is 0 Å². The van der Waals surface area contributed by atoms with Gasteiger partial charge in [-0.3, -0.25) is 10.1 Å². The Balaban J connectivity index is 1.72. The highest BCUT2D eigenvalue weighted by Gasteiger charge is 2.17. The molecule has 1 unspecified atom stereocenters. The monoisotopic (exact) mass is 302 g/mol. The van der Waals surface area contributed by atoms with Gasteiger partial charge in [0.1, 0.15) is 0 Å². The van der Waals surface area contributed by atoms with Crippen LogP contribution in [-0.4, -0.2) is 4.92 Å². The second-order valence-electron chi connectivity index (χ2n) is 5.54. The van der Waals surface area contributed by atoms with Gasteiger partial charge in [-0.1, -0.05) is 12.1 Å². The van der Waals surface area contributed by atoms with Crippen molar-refractivity contribution in [2.75, 3.05) is 0 Å². The summed E-state index contributed by atoms with van der Waals surface area (Å²) in [5.41, 5.74) is 8.95. The average Bonchev–Trinajstić information content (AvgIpc) is 2.92. The summed E-state index contributed by atoms with van der Waals surface area (Å²) < 4.78 is 0. The molecule has 0 amide bonds. The molecule has 0 spiro atoms. The van der Waals surface area contributed by atoms with Crippen molar-refractivity contribution in [3.05, 3.63) is 61.3 Å². The van der Waals surface area contributed by atoms with Crippen molar-refractivity contribution in [1.82, 2.24) is 0 Å². The van der Waals surface area contributed by atoms with Crippen LogP contribution in [0.3, 0.4) is 0 Å². The van der Waals surface area contributed by atoms with Crippen molar-refractivity contribution in [2.24, 2.45) is 5.73 Å². The summed E-state index contributed by atoms with van der Waals surface area (Å²) in [5, 5.41) is 10.7. The maximum atomic E-state index is 10.7. The van der Waals surface area contributed by atoms with Gasteiger partial charge in [-0.05, 0) is 49.3 Å². The van der Waals surface area contributed by atoms with E-state index in [0.717, 1.165) is 12.0 Å². The third-order valence-electron chi connectivity index (χ3n) is 3.98. The number of hydrogen-bond donors (Lipinski definition) is 1. The maximum absolute atomic E-state index is 10.7. The van der Waals surface area contributed by atoms with Crippen LogP contribution < -0.4 is 5.73 Å². The highest BCUT2D eigenvalue weighted by molar-refractivity contribution is 7.12. The molecule has 3 rings (SSSR count). The predicted molar refractivity (Wildman–Crippen MR) is 84.7 cm³/mol. The van der Waals surface area contributed by atoms with Gasteiger partial charge in [-0.15, -0.1) is 11.3 Å². The topological polar surface area (TPSA) is 69.2 Å². The molecular weight excluding hydrogens is 284 g/mol. The lowest BCUT2D eigenvalue weighted by Crippen LogP contribution is -2.11. The third-order valence-corrected chi connectivity index (χ3v) is 5.35. The Hall–Kier alpha value is -1.72.